The van der Waals surface area contributed by atoms with Gasteiger partial charge in [0, 0.05) is 9.22 Å². The number of hydrogen-bond donors (Lipinski definition) is 0. The summed E-state index contributed by atoms with van der Waals surface area (Å²) in [4.78, 5) is 0. The Balaban J connectivity index is 2.52. The van der Waals surface area contributed by atoms with Gasteiger partial charge >= 0.3 is 0 Å². The van der Waals surface area contributed by atoms with Crippen molar-refractivity contribution >= 4 is 37.8 Å². The average Bonchev–Trinajstić information content (AvgIpc) is 2.29. The van der Waals surface area contributed by atoms with Crippen LogP contribution in [-0.2, 0) is 4.18 Å². The summed E-state index contributed by atoms with van der Waals surface area (Å²) in [5.74, 6) is 0.708. The van der Waals surface area contributed by atoms with E-state index >= 15 is 0 Å². The van der Waals surface area contributed by atoms with Crippen molar-refractivity contribution in [2.45, 2.75) is 32.4 Å². The zero-order valence-electron chi connectivity index (χ0n) is 13.0. The summed E-state index contributed by atoms with van der Waals surface area (Å²) >= 11 is 9.60. The van der Waals surface area contributed by atoms with E-state index in [9.17, 15) is 0 Å². The molecule has 1 rings (SSSR count). The van der Waals surface area contributed by atoms with Crippen LogP contribution in [0.3, 0.4) is 0 Å². The van der Waals surface area contributed by atoms with Crippen LogP contribution in [0.4, 0.5) is 0 Å². The van der Waals surface area contributed by atoms with Gasteiger partial charge in [-0.1, -0.05) is 48.3 Å². The molecular weight excluding hydrogens is 360 g/mol. The second kappa shape index (κ2) is 6.91. The van der Waals surface area contributed by atoms with Crippen LogP contribution in [0.1, 0.15) is 26.3 Å². The van der Waals surface area contributed by atoms with Gasteiger partial charge in [0.05, 0.1) is 11.6 Å². The Bertz CT molecular complexity index is 470. The van der Waals surface area contributed by atoms with Crippen molar-refractivity contribution in [1.29, 1.82) is 0 Å². The molecule has 1 aromatic carbocycles. The van der Waals surface area contributed by atoms with E-state index in [4.69, 9.17) is 20.5 Å². The van der Waals surface area contributed by atoms with Gasteiger partial charge in [0.25, 0.3) is 0 Å². The highest BCUT2D eigenvalue weighted by Crippen LogP contribution is 2.53. The van der Waals surface area contributed by atoms with Crippen molar-refractivity contribution in [1.82, 2.24) is 0 Å². The summed E-state index contributed by atoms with van der Waals surface area (Å²) in [6.07, 6.45) is 4.37. The number of halogens is 2. The van der Waals surface area contributed by atoms with E-state index in [-0.39, 0.29) is 4.75 Å². The van der Waals surface area contributed by atoms with E-state index in [1.165, 1.54) is 0 Å². The Morgan fingerprint density at radius 1 is 1.20 bits per heavy atom. The summed E-state index contributed by atoms with van der Waals surface area (Å²) in [7, 11) is -1.10. The maximum absolute atomic E-state index is 6.15. The lowest BCUT2D eigenvalue weighted by Gasteiger charge is -2.43. The van der Waals surface area contributed by atoms with Crippen LogP contribution in [-0.4, -0.2) is 30.5 Å². The molecule has 0 aliphatic heterocycles. The van der Waals surface area contributed by atoms with Crippen LogP contribution in [0, 0.1) is 6.92 Å². The maximum Gasteiger partial charge on any atom is 0.138 e. The minimum Gasteiger partial charge on any atom is -0.490 e. The predicted molar refractivity (Wildman–Crippen MR) is 94.5 cm³/mol. The van der Waals surface area contributed by atoms with E-state index in [2.05, 4.69) is 49.2 Å². The van der Waals surface area contributed by atoms with Crippen molar-refractivity contribution in [3.63, 3.8) is 0 Å². The molecule has 2 nitrogen and oxygen atoms in total. The van der Waals surface area contributed by atoms with Crippen molar-refractivity contribution in [2.24, 2.45) is 0 Å². The first-order valence-corrected chi connectivity index (χ1v) is 10.0. The molecule has 0 radical (unpaired) electrons. The highest BCUT2D eigenvalue weighted by Gasteiger charge is 2.28. The average molecular weight is 384 g/mol. The molecule has 0 aliphatic carbocycles. The summed E-state index contributed by atoms with van der Waals surface area (Å²) in [6, 6.07) is 3.80. The van der Waals surface area contributed by atoms with E-state index in [0.717, 1.165) is 10.0 Å². The van der Waals surface area contributed by atoms with Gasteiger partial charge in [-0.15, -0.1) is 10.3 Å². The molecule has 0 N–H and O–H groups in total. The first kappa shape index (κ1) is 18.1. The Kier molecular flexibility index (Phi) is 6.27. The van der Waals surface area contributed by atoms with E-state index in [1.807, 2.05) is 19.1 Å². The van der Waals surface area contributed by atoms with Gasteiger partial charge in [0.15, 0.2) is 0 Å². The van der Waals surface area contributed by atoms with Crippen molar-refractivity contribution < 1.29 is 8.92 Å². The van der Waals surface area contributed by atoms with Gasteiger partial charge in [0.2, 0.25) is 0 Å². The fourth-order valence-electron chi connectivity index (χ4n) is 1.31. The lowest BCUT2D eigenvalue weighted by atomic mass is 10.2. The second-order valence-corrected chi connectivity index (χ2v) is 11.2. The Hall–Kier alpha value is 0.1000. The zero-order valence-corrected chi connectivity index (χ0v) is 16.2. The van der Waals surface area contributed by atoms with Crippen LogP contribution < -0.4 is 4.74 Å². The molecular formula is C15H24BrClO2S. The number of rotatable bonds is 5. The first-order valence-electron chi connectivity index (χ1n) is 6.50. The molecule has 0 amide bonds. The fraction of sp³-hybridized carbons (Fsp3) is 0.600. The molecule has 0 saturated heterocycles. The third-order valence-electron chi connectivity index (χ3n) is 3.41. The monoisotopic (exact) mass is 382 g/mol. The third-order valence-corrected chi connectivity index (χ3v) is 8.26. The van der Waals surface area contributed by atoms with Crippen molar-refractivity contribution in [3.8, 4) is 5.75 Å². The molecule has 0 aromatic heterocycles. The minimum atomic E-state index is -1.10. The number of benzene rings is 1. The Morgan fingerprint density at radius 2 is 1.80 bits per heavy atom. The largest absolute Gasteiger partial charge is 0.490 e. The molecule has 0 atom stereocenters. The normalized spacial score (nSPS) is 13.4. The lowest BCUT2D eigenvalue weighted by molar-refractivity contribution is 0.230. The van der Waals surface area contributed by atoms with Crippen molar-refractivity contribution in [2.75, 3.05) is 25.7 Å². The molecule has 0 bridgehead atoms. The lowest BCUT2D eigenvalue weighted by Crippen LogP contribution is -2.26. The predicted octanol–water partition coefficient (Wildman–Crippen LogP) is 5.58. The number of aryl methyl sites for hydroxylation is 1. The SMILES string of the molecule is Cc1cc(OCCOS(C)(C)C(C)(C)C)c(Cl)cc1Br. The highest BCUT2D eigenvalue weighted by atomic mass is 79.9. The molecule has 0 fully saturated rings. The van der Waals surface area contributed by atoms with Gasteiger partial charge in [-0.25, -0.2) is 0 Å². The fourth-order valence-corrected chi connectivity index (χ4v) is 2.84. The number of hydrogen-bond acceptors (Lipinski definition) is 2. The zero-order chi connectivity index (χ0) is 15.6. The summed E-state index contributed by atoms with van der Waals surface area (Å²) in [6.45, 7) is 9.71. The quantitative estimate of drug-likeness (QED) is 0.617. The molecule has 5 heteroatoms. The first-order chi connectivity index (χ1) is 9.04. The van der Waals surface area contributed by atoms with Gasteiger partial charge < -0.3 is 8.92 Å². The minimum absolute atomic E-state index is 0.166. The summed E-state index contributed by atoms with van der Waals surface area (Å²) in [5, 5.41) is 0.616. The summed E-state index contributed by atoms with van der Waals surface area (Å²) in [5.41, 5.74) is 1.10. The topological polar surface area (TPSA) is 18.5 Å². The molecule has 116 valence electrons. The van der Waals surface area contributed by atoms with E-state index < -0.39 is 10.3 Å². The molecule has 1 aromatic rings. The standard InChI is InChI=1S/C15H24BrClO2S/c1-11-9-14(13(17)10-12(11)16)18-7-8-19-20(5,6)15(2,3)4/h9-10H,7-8H2,1-6H3. The van der Waals surface area contributed by atoms with Crippen LogP contribution in [0.15, 0.2) is 16.6 Å². The second-order valence-electron chi connectivity index (χ2n) is 6.05. The van der Waals surface area contributed by atoms with Crippen LogP contribution in [0.2, 0.25) is 5.02 Å². The number of ether oxygens (including phenoxy) is 1. The smallest absolute Gasteiger partial charge is 0.138 e. The molecule has 0 heterocycles. The van der Waals surface area contributed by atoms with E-state index in [1.54, 1.807) is 0 Å². The molecule has 0 aliphatic rings. The summed E-state index contributed by atoms with van der Waals surface area (Å²) < 4.78 is 12.9. The van der Waals surface area contributed by atoms with Crippen LogP contribution in [0.5, 0.6) is 5.75 Å². The van der Waals surface area contributed by atoms with Gasteiger partial charge in [0.1, 0.15) is 12.4 Å². The maximum atomic E-state index is 6.15. The van der Waals surface area contributed by atoms with Gasteiger partial charge in [-0.2, -0.15) is 0 Å². The van der Waals surface area contributed by atoms with Crippen LogP contribution in [0.25, 0.3) is 0 Å². The Labute approximate surface area is 137 Å². The molecule has 20 heavy (non-hydrogen) atoms. The Morgan fingerprint density at radius 3 is 2.35 bits per heavy atom. The highest BCUT2D eigenvalue weighted by molar-refractivity contribution is 9.10. The van der Waals surface area contributed by atoms with Gasteiger partial charge in [-0.3, -0.25) is 0 Å². The van der Waals surface area contributed by atoms with Gasteiger partial charge in [-0.05, 0) is 37.1 Å². The molecule has 0 saturated carbocycles. The molecule has 0 unspecified atom stereocenters. The molecule has 0 spiro atoms. The van der Waals surface area contributed by atoms with E-state index in [0.29, 0.717) is 24.0 Å². The van der Waals surface area contributed by atoms with Crippen molar-refractivity contribution in [3.05, 3.63) is 27.2 Å². The third kappa shape index (κ3) is 4.83. The van der Waals surface area contributed by atoms with Crippen LogP contribution >= 0.6 is 37.8 Å².